The first kappa shape index (κ1) is 9.49. The molecule has 0 radical (unpaired) electrons. The maximum absolute atomic E-state index is 5.51. The molecular formula is C9H11N5O2. The van der Waals surface area contributed by atoms with Gasteiger partial charge in [0, 0.05) is 25.5 Å². The van der Waals surface area contributed by atoms with E-state index in [0.717, 1.165) is 6.54 Å². The van der Waals surface area contributed by atoms with Gasteiger partial charge in [0.25, 0.3) is 5.89 Å². The highest BCUT2D eigenvalue weighted by Gasteiger charge is 2.22. The van der Waals surface area contributed by atoms with Gasteiger partial charge in [-0.1, -0.05) is 5.16 Å². The highest BCUT2D eigenvalue weighted by Crippen LogP contribution is 2.19. The molecule has 7 heteroatoms. The molecule has 7 nitrogen and oxygen atoms in total. The Morgan fingerprint density at radius 2 is 2.44 bits per heavy atom. The van der Waals surface area contributed by atoms with Gasteiger partial charge in [0.15, 0.2) is 5.82 Å². The summed E-state index contributed by atoms with van der Waals surface area (Å²) in [4.78, 5) is 11.2. The Hall–Kier alpha value is -1.73. The van der Waals surface area contributed by atoms with Gasteiger partial charge in [-0.2, -0.15) is 4.98 Å². The fourth-order valence-electron chi connectivity index (χ4n) is 1.57. The molecule has 1 unspecified atom stereocenters. The van der Waals surface area contributed by atoms with Crippen molar-refractivity contribution in [3.05, 3.63) is 18.3 Å². The number of nitrogens with zero attached hydrogens (tertiary/aromatic N) is 3. The van der Waals surface area contributed by atoms with E-state index in [2.05, 4.69) is 25.4 Å². The lowest BCUT2D eigenvalue weighted by Gasteiger charge is -2.19. The second-order valence-corrected chi connectivity index (χ2v) is 3.46. The zero-order valence-electron chi connectivity index (χ0n) is 8.51. The zero-order chi connectivity index (χ0) is 10.8. The number of aromatic nitrogens is 4. The van der Waals surface area contributed by atoms with Gasteiger partial charge < -0.3 is 19.6 Å². The van der Waals surface area contributed by atoms with Crippen molar-refractivity contribution in [1.82, 2.24) is 25.4 Å². The van der Waals surface area contributed by atoms with Gasteiger partial charge in [0.2, 0.25) is 5.82 Å². The fraction of sp³-hybridized carbons (Fsp3) is 0.444. The van der Waals surface area contributed by atoms with E-state index in [9.17, 15) is 0 Å². The van der Waals surface area contributed by atoms with Crippen molar-refractivity contribution in [3.63, 3.8) is 0 Å². The van der Waals surface area contributed by atoms with Gasteiger partial charge in [-0.25, -0.2) is 4.98 Å². The Kier molecular flexibility index (Phi) is 2.39. The molecule has 16 heavy (non-hydrogen) atoms. The van der Waals surface area contributed by atoms with Crippen LogP contribution in [0.2, 0.25) is 0 Å². The Morgan fingerprint density at radius 1 is 1.44 bits per heavy atom. The van der Waals surface area contributed by atoms with Gasteiger partial charge in [0.1, 0.15) is 6.10 Å². The molecule has 1 atom stereocenters. The zero-order valence-corrected chi connectivity index (χ0v) is 8.51. The third-order valence-corrected chi connectivity index (χ3v) is 2.35. The van der Waals surface area contributed by atoms with Crippen LogP contribution in [0.5, 0.6) is 0 Å². The minimum Gasteiger partial charge on any atom is -0.366 e. The van der Waals surface area contributed by atoms with Crippen LogP contribution in [0.15, 0.2) is 16.9 Å². The van der Waals surface area contributed by atoms with Gasteiger partial charge in [-0.05, 0) is 0 Å². The molecular weight excluding hydrogens is 210 g/mol. The first-order chi connectivity index (χ1) is 7.93. The first-order valence-corrected chi connectivity index (χ1v) is 5.09. The van der Waals surface area contributed by atoms with Crippen LogP contribution in [0.3, 0.4) is 0 Å². The van der Waals surface area contributed by atoms with Crippen molar-refractivity contribution >= 4 is 0 Å². The van der Waals surface area contributed by atoms with E-state index in [4.69, 9.17) is 9.26 Å². The summed E-state index contributed by atoms with van der Waals surface area (Å²) in [5.74, 6) is 1.53. The minimum atomic E-state index is -0.162. The molecule has 2 aromatic heterocycles. The summed E-state index contributed by atoms with van der Waals surface area (Å²) in [5.41, 5.74) is 0. The lowest BCUT2D eigenvalue weighted by Crippen LogP contribution is -2.33. The molecule has 0 amide bonds. The standard InChI is InChI=1S/C9H11N5O2/c1-2-12-7(11-1)8-13-9(16-14-8)6-5-10-3-4-15-6/h1-2,6,10H,3-5H2,(H,11,12). The second kappa shape index (κ2) is 4.03. The molecule has 0 saturated carbocycles. The fourth-order valence-corrected chi connectivity index (χ4v) is 1.57. The third kappa shape index (κ3) is 1.70. The molecule has 2 N–H and O–H groups in total. The van der Waals surface area contributed by atoms with Crippen molar-refractivity contribution in [2.24, 2.45) is 0 Å². The summed E-state index contributed by atoms with van der Waals surface area (Å²) in [5, 5.41) is 7.05. The Bertz CT molecular complexity index is 446. The molecule has 0 spiro atoms. The molecule has 1 fully saturated rings. The first-order valence-electron chi connectivity index (χ1n) is 5.09. The van der Waals surface area contributed by atoms with E-state index in [1.165, 1.54) is 0 Å². The molecule has 3 rings (SSSR count). The number of imidazole rings is 1. The maximum atomic E-state index is 5.51. The van der Waals surface area contributed by atoms with E-state index in [1.807, 2.05) is 0 Å². The Morgan fingerprint density at radius 3 is 3.19 bits per heavy atom. The largest absolute Gasteiger partial charge is 0.366 e. The monoisotopic (exact) mass is 221 g/mol. The number of hydrogen-bond acceptors (Lipinski definition) is 6. The van der Waals surface area contributed by atoms with Gasteiger partial charge in [-0.15, -0.1) is 0 Å². The summed E-state index contributed by atoms with van der Waals surface area (Å²) in [6.07, 6.45) is 3.19. The van der Waals surface area contributed by atoms with E-state index in [1.54, 1.807) is 12.4 Å². The Balaban J connectivity index is 1.82. The van der Waals surface area contributed by atoms with Crippen molar-refractivity contribution in [2.45, 2.75) is 6.10 Å². The number of nitrogens with one attached hydrogen (secondary N) is 2. The molecule has 0 bridgehead atoms. The molecule has 2 aromatic rings. The highest BCUT2D eigenvalue weighted by molar-refractivity contribution is 5.40. The smallest absolute Gasteiger partial charge is 0.257 e. The van der Waals surface area contributed by atoms with E-state index >= 15 is 0 Å². The topological polar surface area (TPSA) is 88.9 Å². The molecule has 0 aliphatic carbocycles. The third-order valence-electron chi connectivity index (χ3n) is 2.35. The quantitative estimate of drug-likeness (QED) is 0.748. The summed E-state index contributed by atoms with van der Waals surface area (Å²) in [6, 6.07) is 0. The van der Waals surface area contributed by atoms with Gasteiger partial charge >= 0.3 is 0 Å². The number of aromatic amines is 1. The predicted molar refractivity (Wildman–Crippen MR) is 53.4 cm³/mol. The van der Waals surface area contributed by atoms with Gasteiger partial charge in [-0.3, -0.25) is 0 Å². The summed E-state index contributed by atoms with van der Waals surface area (Å²) < 4.78 is 10.6. The maximum Gasteiger partial charge on any atom is 0.257 e. The van der Waals surface area contributed by atoms with Crippen LogP contribution >= 0.6 is 0 Å². The summed E-state index contributed by atoms with van der Waals surface area (Å²) in [7, 11) is 0. The van der Waals surface area contributed by atoms with Crippen molar-refractivity contribution in [1.29, 1.82) is 0 Å². The van der Waals surface area contributed by atoms with Crippen molar-refractivity contribution < 1.29 is 9.26 Å². The van der Waals surface area contributed by atoms with Crippen LogP contribution in [0.4, 0.5) is 0 Å². The second-order valence-electron chi connectivity index (χ2n) is 3.46. The number of ether oxygens (including phenoxy) is 1. The lowest BCUT2D eigenvalue weighted by molar-refractivity contribution is 0.00755. The normalized spacial score (nSPS) is 21.1. The van der Waals surface area contributed by atoms with Crippen LogP contribution in [0, 0.1) is 0 Å². The Labute approximate surface area is 91.2 Å². The molecule has 84 valence electrons. The SMILES string of the molecule is c1c[nH]c(-c2noc(C3CNCCO3)n2)n1. The summed E-state index contributed by atoms with van der Waals surface area (Å²) in [6.45, 7) is 2.21. The number of rotatable bonds is 2. The average Bonchev–Trinajstić information content (AvgIpc) is 3.01. The van der Waals surface area contributed by atoms with Crippen LogP contribution in [0.1, 0.15) is 12.0 Å². The minimum absolute atomic E-state index is 0.162. The van der Waals surface area contributed by atoms with E-state index in [0.29, 0.717) is 30.7 Å². The number of hydrogen-bond donors (Lipinski definition) is 2. The van der Waals surface area contributed by atoms with Crippen LogP contribution in [0.25, 0.3) is 11.6 Å². The molecule has 1 saturated heterocycles. The summed E-state index contributed by atoms with van der Waals surface area (Å²) >= 11 is 0. The number of morpholine rings is 1. The predicted octanol–water partition coefficient (Wildman–Crippen LogP) is 0.121. The molecule has 3 heterocycles. The molecule has 1 aliphatic heterocycles. The highest BCUT2D eigenvalue weighted by atomic mass is 16.5. The lowest BCUT2D eigenvalue weighted by atomic mass is 10.3. The molecule has 1 aliphatic rings. The van der Waals surface area contributed by atoms with Crippen LogP contribution in [-0.2, 0) is 4.74 Å². The average molecular weight is 221 g/mol. The van der Waals surface area contributed by atoms with E-state index < -0.39 is 0 Å². The van der Waals surface area contributed by atoms with Crippen LogP contribution in [-0.4, -0.2) is 39.8 Å². The molecule has 0 aromatic carbocycles. The van der Waals surface area contributed by atoms with Crippen molar-refractivity contribution in [2.75, 3.05) is 19.7 Å². The van der Waals surface area contributed by atoms with Crippen molar-refractivity contribution in [3.8, 4) is 11.6 Å². The van der Waals surface area contributed by atoms with Crippen LogP contribution < -0.4 is 5.32 Å². The number of H-pyrrole nitrogens is 1. The van der Waals surface area contributed by atoms with E-state index in [-0.39, 0.29) is 6.10 Å². The van der Waals surface area contributed by atoms with Gasteiger partial charge in [0.05, 0.1) is 6.61 Å².